The smallest absolute Gasteiger partial charge is 0.229 e. The van der Waals surface area contributed by atoms with Crippen LogP contribution in [0.25, 0.3) is 0 Å². The fourth-order valence-electron chi connectivity index (χ4n) is 1.96. The number of benzene rings is 1. The maximum absolute atomic E-state index is 13.5. The summed E-state index contributed by atoms with van der Waals surface area (Å²) in [5.74, 6) is 0.876. The molecule has 0 radical (unpaired) electrons. The number of halogens is 1. The number of aromatic nitrogens is 2. The lowest BCUT2D eigenvalue weighted by molar-refractivity contribution is -0.117. The standard InChI is InChI=1S/C14H14FN3OS2/c1-8-6-10(8)12(19)16-13-17-18-14(21-13)20-7-9-4-2-3-5-11(9)15/h2-5,8,10H,6-7H2,1H3,(H,16,17,19)/t8-,10+/m0/s1. The Hall–Kier alpha value is -1.47. The normalized spacial score (nSPS) is 20.3. The second kappa shape index (κ2) is 6.11. The zero-order chi connectivity index (χ0) is 14.8. The van der Waals surface area contributed by atoms with E-state index in [4.69, 9.17) is 0 Å². The fourth-order valence-corrected chi connectivity index (χ4v) is 3.70. The van der Waals surface area contributed by atoms with Crippen molar-refractivity contribution in [3.63, 3.8) is 0 Å². The number of nitrogens with one attached hydrogen (secondary N) is 1. The third-order valence-corrected chi connectivity index (χ3v) is 5.41. The van der Waals surface area contributed by atoms with Crippen molar-refractivity contribution in [3.05, 3.63) is 35.6 Å². The zero-order valence-electron chi connectivity index (χ0n) is 11.4. The Labute approximate surface area is 130 Å². The molecule has 0 aliphatic heterocycles. The second-order valence-corrected chi connectivity index (χ2v) is 7.26. The summed E-state index contributed by atoms with van der Waals surface area (Å²) in [6, 6.07) is 6.67. The van der Waals surface area contributed by atoms with E-state index in [1.54, 1.807) is 12.1 Å². The molecule has 21 heavy (non-hydrogen) atoms. The van der Waals surface area contributed by atoms with Crippen molar-refractivity contribution in [2.75, 3.05) is 5.32 Å². The van der Waals surface area contributed by atoms with E-state index >= 15 is 0 Å². The maximum atomic E-state index is 13.5. The van der Waals surface area contributed by atoms with Gasteiger partial charge < -0.3 is 5.32 Å². The van der Waals surface area contributed by atoms with Crippen LogP contribution in [0.15, 0.2) is 28.6 Å². The summed E-state index contributed by atoms with van der Waals surface area (Å²) in [4.78, 5) is 11.8. The minimum absolute atomic E-state index is 0.0179. The second-order valence-electron chi connectivity index (χ2n) is 5.06. The molecule has 1 heterocycles. The molecule has 0 bridgehead atoms. The fraction of sp³-hybridized carbons (Fsp3) is 0.357. The Balaban J connectivity index is 1.55. The highest BCUT2D eigenvalue weighted by atomic mass is 32.2. The molecule has 4 nitrogen and oxygen atoms in total. The number of nitrogens with zero attached hydrogens (tertiary/aromatic N) is 2. The predicted molar refractivity (Wildman–Crippen MR) is 81.8 cm³/mol. The topological polar surface area (TPSA) is 54.9 Å². The first-order valence-corrected chi connectivity index (χ1v) is 8.44. The molecule has 0 spiro atoms. The van der Waals surface area contributed by atoms with Crippen LogP contribution in [0.4, 0.5) is 9.52 Å². The van der Waals surface area contributed by atoms with Crippen LogP contribution in [0, 0.1) is 17.7 Å². The molecule has 1 fully saturated rings. The van der Waals surface area contributed by atoms with E-state index < -0.39 is 0 Å². The summed E-state index contributed by atoms with van der Waals surface area (Å²) in [5.41, 5.74) is 0.634. The van der Waals surface area contributed by atoms with Crippen LogP contribution >= 0.6 is 23.1 Å². The number of carbonyl (C=O) groups is 1. The zero-order valence-corrected chi connectivity index (χ0v) is 13.0. The molecule has 7 heteroatoms. The molecule has 0 saturated heterocycles. The molecule has 110 valence electrons. The summed E-state index contributed by atoms with van der Waals surface area (Å²) in [7, 11) is 0. The van der Waals surface area contributed by atoms with Crippen molar-refractivity contribution >= 4 is 34.1 Å². The first kappa shape index (κ1) is 14.5. The Bertz CT molecular complexity index is 661. The van der Waals surface area contributed by atoms with E-state index in [1.165, 1.54) is 29.2 Å². The Morgan fingerprint density at radius 2 is 2.24 bits per heavy atom. The Kier molecular flexibility index (Phi) is 4.21. The van der Waals surface area contributed by atoms with E-state index in [2.05, 4.69) is 22.4 Å². The van der Waals surface area contributed by atoms with Crippen LogP contribution in [0.3, 0.4) is 0 Å². The average molecular weight is 323 g/mol. The number of carbonyl (C=O) groups excluding carboxylic acids is 1. The number of rotatable bonds is 5. The number of anilines is 1. The molecule has 1 amide bonds. The highest BCUT2D eigenvalue weighted by Gasteiger charge is 2.39. The van der Waals surface area contributed by atoms with E-state index in [1.807, 2.05) is 6.07 Å². The van der Waals surface area contributed by atoms with Gasteiger partial charge in [0.2, 0.25) is 11.0 Å². The van der Waals surface area contributed by atoms with Crippen LogP contribution in [0.2, 0.25) is 0 Å². The van der Waals surface area contributed by atoms with E-state index in [0.29, 0.717) is 22.4 Å². The molecule has 1 saturated carbocycles. The summed E-state index contributed by atoms with van der Waals surface area (Å²) >= 11 is 2.73. The summed E-state index contributed by atoms with van der Waals surface area (Å²) < 4.78 is 14.2. The lowest BCUT2D eigenvalue weighted by Crippen LogP contribution is -2.14. The molecule has 3 rings (SSSR count). The Morgan fingerprint density at radius 3 is 2.95 bits per heavy atom. The van der Waals surface area contributed by atoms with E-state index in [0.717, 1.165) is 10.8 Å². The van der Waals surface area contributed by atoms with Crippen LogP contribution in [0.1, 0.15) is 18.9 Å². The summed E-state index contributed by atoms with van der Waals surface area (Å²) in [5, 5.41) is 11.2. The van der Waals surface area contributed by atoms with Crippen molar-refractivity contribution in [1.82, 2.24) is 10.2 Å². The largest absolute Gasteiger partial charge is 0.300 e. The van der Waals surface area contributed by atoms with Gasteiger partial charge in [0.05, 0.1) is 0 Å². The SMILES string of the molecule is C[C@H]1C[C@H]1C(=O)Nc1nnc(SCc2ccccc2F)s1. The highest BCUT2D eigenvalue weighted by molar-refractivity contribution is 8.00. The van der Waals surface area contributed by atoms with Crippen LogP contribution in [-0.2, 0) is 10.5 Å². The van der Waals surface area contributed by atoms with E-state index in [9.17, 15) is 9.18 Å². The van der Waals surface area contributed by atoms with Crippen molar-refractivity contribution < 1.29 is 9.18 Å². The van der Waals surface area contributed by atoms with Crippen molar-refractivity contribution in [3.8, 4) is 0 Å². The number of amides is 1. The molecule has 1 N–H and O–H groups in total. The lowest BCUT2D eigenvalue weighted by Gasteiger charge is -1.99. The maximum Gasteiger partial charge on any atom is 0.229 e. The number of hydrogen-bond donors (Lipinski definition) is 1. The first-order valence-electron chi connectivity index (χ1n) is 6.64. The summed E-state index contributed by atoms with van der Waals surface area (Å²) in [6.07, 6.45) is 0.944. The lowest BCUT2D eigenvalue weighted by atomic mass is 10.2. The molecule has 2 atom stereocenters. The van der Waals surface area contributed by atoms with Gasteiger partial charge in [0.1, 0.15) is 5.82 Å². The predicted octanol–water partition coefficient (Wildman–Crippen LogP) is 3.56. The van der Waals surface area contributed by atoms with Gasteiger partial charge in [-0.15, -0.1) is 10.2 Å². The van der Waals surface area contributed by atoms with E-state index in [-0.39, 0.29) is 17.6 Å². The van der Waals surface area contributed by atoms with Gasteiger partial charge in [0.25, 0.3) is 0 Å². The number of thioether (sulfide) groups is 1. The monoisotopic (exact) mass is 323 g/mol. The molecule has 1 aliphatic carbocycles. The van der Waals surface area contributed by atoms with Crippen LogP contribution < -0.4 is 5.32 Å². The molecular formula is C14H14FN3OS2. The molecule has 1 aromatic heterocycles. The third kappa shape index (κ3) is 3.59. The van der Waals surface area contributed by atoms with Gasteiger partial charge >= 0.3 is 0 Å². The number of hydrogen-bond acceptors (Lipinski definition) is 5. The first-order chi connectivity index (χ1) is 10.1. The van der Waals surface area contributed by atoms with Gasteiger partial charge in [0, 0.05) is 11.7 Å². The molecule has 0 unspecified atom stereocenters. The minimum Gasteiger partial charge on any atom is -0.300 e. The molecular weight excluding hydrogens is 309 g/mol. The van der Waals surface area contributed by atoms with Crippen LogP contribution in [0.5, 0.6) is 0 Å². The third-order valence-electron chi connectivity index (χ3n) is 3.39. The van der Waals surface area contributed by atoms with Crippen molar-refractivity contribution in [2.45, 2.75) is 23.4 Å². The van der Waals surface area contributed by atoms with Gasteiger partial charge in [0.15, 0.2) is 4.34 Å². The highest BCUT2D eigenvalue weighted by Crippen LogP contribution is 2.39. The van der Waals surface area contributed by atoms with Gasteiger partial charge in [-0.1, -0.05) is 48.2 Å². The molecule has 1 aliphatic rings. The summed E-state index contributed by atoms with van der Waals surface area (Å²) in [6.45, 7) is 2.06. The van der Waals surface area contributed by atoms with Gasteiger partial charge in [-0.2, -0.15) is 0 Å². The minimum atomic E-state index is -0.217. The van der Waals surface area contributed by atoms with Gasteiger partial charge in [-0.05, 0) is 24.0 Å². The molecule has 1 aromatic carbocycles. The van der Waals surface area contributed by atoms with Crippen molar-refractivity contribution in [2.24, 2.45) is 11.8 Å². The average Bonchev–Trinajstić information content (AvgIpc) is 3.04. The molecule has 2 aromatic rings. The van der Waals surface area contributed by atoms with Gasteiger partial charge in [-0.25, -0.2) is 4.39 Å². The van der Waals surface area contributed by atoms with Crippen molar-refractivity contribution in [1.29, 1.82) is 0 Å². The van der Waals surface area contributed by atoms with Gasteiger partial charge in [-0.3, -0.25) is 4.79 Å². The Morgan fingerprint density at radius 1 is 1.48 bits per heavy atom. The quantitative estimate of drug-likeness (QED) is 0.675. The van der Waals surface area contributed by atoms with Crippen LogP contribution in [-0.4, -0.2) is 16.1 Å².